The summed E-state index contributed by atoms with van der Waals surface area (Å²) in [6, 6.07) is 0. The molecule has 1 fully saturated rings. The normalized spacial score (nSPS) is 21.8. The Balaban J connectivity index is 2.31. The molecule has 1 amide bonds. The molecule has 1 rings (SSSR count). The molecular weight excluding hydrogens is 120 g/mol. The SMILES string of the molecule is NC(=O)[C]1CNCCO1. The van der Waals surface area contributed by atoms with Gasteiger partial charge >= 0.3 is 0 Å². The van der Waals surface area contributed by atoms with Gasteiger partial charge in [0.1, 0.15) is 0 Å². The lowest BCUT2D eigenvalue weighted by Crippen LogP contribution is -2.40. The summed E-state index contributed by atoms with van der Waals surface area (Å²) < 4.78 is 4.92. The molecule has 0 aliphatic carbocycles. The number of rotatable bonds is 1. The zero-order chi connectivity index (χ0) is 6.69. The van der Waals surface area contributed by atoms with Gasteiger partial charge in [0, 0.05) is 13.1 Å². The van der Waals surface area contributed by atoms with E-state index in [1.807, 2.05) is 0 Å². The minimum atomic E-state index is -0.470. The van der Waals surface area contributed by atoms with Crippen LogP contribution in [0.2, 0.25) is 0 Å². The number of ether oxygens (including phenoxy) is 1. The molecule has 4 nitrogen and oxygen atoms in total. The molecular formula is C5H9N2O2. The standard InChI is InChI=1S/C5H9N2O2/c6-5(8)4-3-7-1-2-9-4/h7H,1-3H2,(H2,6,8). The summed E-state index contributed by atoms with van der Waals surface area (Å²) >= 11 is 0. The van der Waals surface area contributed by atoms with Crippen LogP contribution in [-0.2, 0) is 9.53 Å². The minimum Gasteiger partial charge on any atom is -0.367 e. The van der Waals surface area contributed by atoms with Crippen molar-refractivity contribution in [2.75, 3.05) is 19.7 Å². The van der Waals surface area contributed by atoms with Crippen molar-refractivity contribution >= 4 is 5.91 Å². The third-order valence-corrected chi connectivity index (χ3v) is 1.12. The summed E-state index contributed by atoms with van der Waals surface area (Å²) in [5, 5.41) is 2.95. The highest BCUT2D eigenvalue weighted by molar-refractivity contribution is 5.86. The van der Waals surface area contributed by atoms with Crippen molar-refractivity contribution < 1.29 is 9.53 Å². The first kappa shape index (κ1) is 6.51. The Morgan fingerprint density at radius 2 is 2.56 bits per heavy atom. The van der Waals surface area contributed by atoms with Gasteiger partial charge in [0.15, 0.2) is 6.10 Å². The lowest BCUT2D eigenvalue weighted by atomic mass is 10.3. The van der Waals surface area contributed by atoms with Crippen LogP contribution in [0.1, 0.15) is 0 Å². The molecule has 0 aromatic carbocycles. The maximum absolute atomic E-state index is 10.4. The molecule has 3 N–H and O–H groups in total. The molecule has 4 heteroatoms. The van der Waals surface area contributed by atoms with E-state index in [1.54, 1.807) is 0 Å². The van der Waals surface area contributed by atoms with Gasteiger partial charge < -0.3 is 15.8 Å². The van der Waals surface area contributed by atoms with E-state index in [4.69, 9.17) is 10.5 Å². The van der Waals surface area contributed by atoms with E-state index in [1.165, 1.54) is 0 Å². The van der Waals surface area contributed by atoms with Gasteiger partial charge in [-0.2, -0.15) is 0 Å². The van der Waals surface area contributed by atoms with Gasteiger partial charge in [-0.3, -0.25) is 4.79 Å². The summed E-state index contributed by atoms with van der Waals surface area (Å²) in [4.78, 5) is 10.4. The fraction of sp³-hybridized carbons (Fsp3) is 0.600. The molecule has 51 valence electrons. The molecule has 9 heavy (non-hydrogen) atoms. The number of hydrogen-bond donors (Lipinski definition) is 2. The van der Waals surface area contributed by atoms with Gasteiger partial charge in [0.05, 0.1) is 6.61 Å². The Morgan fingerprint density at radius 3 is 2.89 bits per heavy atom. The summed E-state index contributed by atoms with van der Waals surface area (Å²) in [6.45, 7) is 1.80. The summed E-state index contributed by atoms with van der Waals surface area (Å²) in [7, 11) is 0. The van der Waals surface area contributed by atoms with Crippen molar-refractivity contribution in [1.29, 1.82) is 0 Å². The Morgan fingerprint density at radius 1 is 1.78 bits per heavy atom. The fourth-order valence-corrected chi connectivity index (χ4v) is 0.658. The summed E-state index contributed by atoms with van der Waals surface area (Å²) in [6.07, 6.45) is 0.334. The highest BCUT2D eigenvalue weighted by atomic mass is 16.5. The first-order chi connectivity index (χ1) is 4.30. The number of amides is 1. The molecule has 0 bridgehead atoms. The first-order valence-electron chi connectivity index (χ1n) is 2.80. The Labute approximate surface area is 53.4 Å². The van der Waals surface area contributed by atoms with E-state index in [-0.39, 0.29) is 0 Å². The van der Waals surface area contributed by atoms with Crippen LogP contribution < -0.4 is 11.1 Å². The van der Waals surface area contributed by atoms with Crippen LogP contribution in [-0.4, -0.2) is 25.6 Å². The van der Waals surface area contributed by atoms with Crippen molar-refractivity contribution in [3.63, 3.8) is 0 Å². The van der Waals surface area contributed by atoms with Crippen LogP contribution in [0.4, 0.5) is 0 Å². The molecule has 1 heterocycles. The number of morpholine rings is 1. The second-order valence-electron chi connectivity index (χ2n) is 1.81. The van der Waals surface area contributed by atoms with Gasteiger partial charge in [-0.05, 0) is 0 Å². The highest BCUT2D eigenvalue weighted by Crippen LogP contribution is 2.01. The average molecular weight is 129 g/mol. The van der Waals surface area contributed by atoms with Crippen LogP contribution in [0.5, 0.6) is 0 Å². The molecule has 0 unspecified atom stereocenters. The number of nitrogens with one attached hydrogen (secondary N) is 1. The Bertz CT molecular complexity index is 110. The molecule has 0 atom stereocenters. The quantitative estimate of drug-likeness (QED) is 0.459. The molecule has 1 saturated heterocycles. The number of hydrogen-bond acceptors (Lipinski definition) is 3. The van der Waals surface area contributed by atoms with E-state index in [2.05, 4.69) is 5.32 Å². The van der Waals surface area contributed by atoms with Gasteiger partial charge in [-0.25, -0.2) is 0 Å². The molecule has 0 aromatic rings. The minimum absolute atomic E-state index is 0.334. The maximum Gasteiger partial charge on any atom is 0.254 e. The number of carbonyl (C=O) groups is 1. The predicted molar refractivity (Wildman–Crippen MR) is 31.3 cm³/mol. The lowest BCUT2D eigenvalue weighted by Gasteiger charge is -2.18. The van der Waals surface area contributed by atoms with Gasteiger partial charge in [-0.15, -0.1) is 0 Å². The highest BCUT2D eigenvalue weighted by Gasteiger charge is 2.19. The van der Waals surface area contributed by atoms with Crippen molar-refractivity contribution in [2.24, 2.45) is 5.73 Å². The van der Waals surface area contributed by atoms with Gasteiger partial charge in [-0.1, -0.05) is 0 Å². The molecule has 1 radical (unpaired) electrons. The van der Waals surface area contributed by atoms with Gasteiger partial charge in [0.2, 0.25) is 0 Å². The summed E-state index contributed by atoms with van der Waals surface area (Å²) in [5.74, 6) is -0.470. The van der Waals surface area contributed by atoms with Crippen LogP contribution in [0.25, 0.3) is 0 Å². The molecule has 1 aliphatic heterocycles. The van der Waals surface area contributed by atoms with E-state index >= 15 is 0 Å². The second kappa shape index (κ2) is 2.80. The smallest absolute Gasteiger partial charge is 0.254 e. The molecule has 0 aromatic heterocycles. The monoisotopic (exact) mass is 129 g/mol. The van der Waals surface area contributed by atoms with Crippen molar-refractivity contribution in [2.45, 2.75) is 0 Å². The zero-order valence-corrected chi connectivity index (χ0v) is 5.02. The van der Waals surface area contributed by atoms with Crippen LogP contribution >= 0.6 is 0 Å². The largest absolute Gasteiger partial charge is 0.367 e. The Hall–Kier alpha value is -0.610. The maximum atomic E-state index is 10.4. The zero-order valence-electron chi connectivity index (χ0n) is 5.02. The van der Waals surface area contributed by atoms with Crippen molar-refractivity contribution in [3.05, 3.63) is 6.10 Å². The number of nitrogens with two attached hydrogens (primary N) is 1. The fourth-order valence-electron chi connectivity index (χ4n) is 0.658. The first-order valence-corrected chi connectivity index (χ1v) is 2.80. The third-order valence-electron chi connectivity index (χ3n) is 1.12. The van der Waals surface area contributed by atoms with Gasteiger partial charge in [0.25, 0.3) is 5.91 Å². The predicted octanol–water partition coefficient (Wildman–Crippen LogP) is -1.38. The van der Waals surface area contributed by atoms with Crippen LogP contribution in [0.3, 0.4) is 0 Å². The van der Waals surface area contributed by atoms with Crippen LogP contribution in [0.15, 0.2) is 0 Å². The molecule has 1 aliphatic rings. The molecule has 0 saturated carbocycles. The van der Waals surface area contributed by atoms with Crippen LogP contribution in [0, 0.1) is 6.10 Å². The topological polar surface area (TPSA) is 64.4 Å². The second-order valence-corrected chi connectivity index (χ2v) is 1.81. The lowest BCUT2D eigenvalue weighted by molar-refractivity contribution is -0.122. The van der Waals surface area contributed by atoms with E-state index in [0.717, 1.165) is 6.54 Å². The third kappa shape index (κ3) is 1.65. The van der Waals surface area contributed by atoms with E-state index < -0.39 is 5.91 Å². The number of carbonyl (C=O) groups excluding carboxylic acids is 1. The van der Waals surface area contributed by atoms with E-state index in [0.29, 0.717) is 19.3 Å². The van der Waals surface area contributed by atoms with E-state index in [9.17, 15) is 4.79 Å². The van der Waals surface area contributed by atoms with Crippen molar-refractivity contribution in [3.8, 4) is 0 Å². The average Bonchev–Trinajstić information content (AvgIpc) is 1.90. The Kier molecular flexibility index (Phi) is 2.02. The summed E-state index contributed by atoms with van der Waals surface area (Å²) in [5.41, 5.74) is 4.93. The van der Waals surface area contributed by atoms with Crippen molar-refractivity contribution in [1.82, 2.24) is 5.32 Å². The molecule has 0 spiro atoms. The number of primary amides is 1.